The zero-order valence-corrected chi connectivity index (χ0v) is 13.6. The molecule has 1 aromatic carbocycles. The van der Waals surface area contributed by atoms with E-state index in [0.29, 0.717) is 0 Å². The number of rotatable bonds is 5. The second kappa shape index (κ2) is 7.40. The van der Waals surface area contributed by atoms with E-state index < -0.39 is 0 Å². The zero-order valence-electron chi connectivity index (χ0n) is 13.6. The third-order valence-corrected chi connectivity index (χ3v) is 4.08. The Morgan fingerprint density at radius 3 is 2.55 bits per heavy atom. The first-order valence-corrected chi connectivity index (χ1v) is 7.85. The van der Waals surface area contributed by atoms with Crippen molar-refractivity contribution in [3.8, 4) is 0 Å². The average Bonchev–Trinajstić information content (AvgIpc) is 2.95. The summed E-state index contributed by atoms with van der Waals surface area (Å²) in [7, 11) is 3.52. The lowest BCUT2D eigenvalue weighted by Crippen LogP contribution is -2.45. The molecule has 1 fully saturated rings. The van der Waals surface area contributed by atoms with Crippen LogP contribution in [0.5, 0.6) is 0 Å². The van der Waals surface area contributed by atoms with E-state index in [1.165, 1.54) is 5.56 Å². The predicted molar refractivity (Wildman–Crippen MR) is 87.7 cm³/mol. The van der Waals surface area contributed by atoms with Gasteiger partial charge in [0.05, 0.1) is 12.6 Å². The summed E-state index contributed by atoms with van der Waals surface area (Å²) in [6.07, 6.45) is 2.77. The molecule has 1 unspecified atom stereocenters. The Hall–Kier alpha value is -1.88. The Kier molecular flexibility index (Phi) is 5.55. The van der Waals surface area contributed by atoms with E-state index in [9.17, 15) is 9.59 Å². The molecule has 1 aromatic rings. The SMILES string of the molecule is CCc1ccc(NC(=O)CN2CCCC2C(=O)N(C)C)cc1. The highest BCUT2D eigenvalue weighted by Crippen LogP contribution is 2.18. The van der Waals surface area contributed by atoms with Gasteiger partial charge in [-0.15, -0.1) is 0 Å². The van der Waals surface area contributed by atoms with Crippen LogP contribution >= 0.6 is 0 Å². The predicted octanol–water partition coefficient (Wildman–Crippen LogP) is 1.74. The second-order valence-corrected chi connectivity index (χ2v) is 5.96. The Balaban J connectivity index is 1.91. The number of carbonyl (C=O) groups is 2. The number of nitrogens with zero attached hydrogens (tertiary/aromatic N) is 2. The average molecular weight is 303 g/mol. The summed E-state index contributed by atoms with van der Waals surface area (Å²) in [5, 5.41) is 2.90. The molecule has 0 aliphatic carbocycles. The number of hydrogen-bond acceptors (Lipinski definition) is 3. The Morgan fingerprint density at radius 1 is 1.27 bits per heavy atom. The van der Waals surface area contributed by atoms with Gasteiger partial charge in [-0.3, -0.25) is 14.5 Å². The topological polar surface area (TPSA) is 52.7 Å². The minimum atomic E-state index is -0.164. The monoisotopic (exact) mass is 303 g/mol. The molecule has 1 heterocycles. The Bertz CT molecular complexity index is 525. The molecule has 5 nitrogen and oxygen atoms in total. The summed E-state index contributed by atoms with van der Waals surface area (Å²) >= 11 is 0. The number of aryl methyl sites for hydroxylation is 1. The highest BCUT2D eigenvalue weighted by atomic mass is 16.2. The van der Waals surface area contributed by atoms with Crippen LogP contribution in [0.15, 0.2) is 24.3 Å². The van der Waals surface area contributed by atoms with Gasteiger partial charge in [-0.25, -0.2) is 0 Å². The zero-order chi connectivity index (χ0) is 16.1. The molecular formula is C17H25N3O2. The highest BCUT2D eigenvalue weighted by molar-refractivity contribution is 5.93. The molecule has 1 aliphatic heterocycles. The quantitative estimate of drug-likeness (QED) is 0.901. The third-order valence-electron chi connectivity index (χ3n) is 4.08. The number of nitrogens with one attached hydrogen (secondary N) is 1. The van der Waals surface area contributed by atoms with Crippen LogP contribution in [-0.4, -0.2) is 54.8 Å². The molecule has 5 heteroatoms. The molecule has 1 aliphatic rings. The summed E-state index contributed by atoms with van der Waals surface area (Å²) in [5.74, 6) is 0.0142. The first kappa shape index (κ1) is 16.5. The fourth-order valence-electron chi connectivity index (χ4n) is 2.80. The molecule has 22 heavy (non-hydrogen) atoms. The summed E-state index contributed by atoms with van der Waals surface area (Å²) in [4.78, 5) is 27.9. The maximum absolute atomic E-state index is 12.2. The fourth-order valence-corrected chi connectivity index (χ4v) is 2.80. The van der Waals surface area contributed by atoms with Gasteiger partial charge in [0, 0.05) is 19.8 Å². The summed E-state index contributed by atoms with van der Waals surface area (Å²) in [6, 6.07) is 7.71. The first-order valence-electron chi connectivity index (χ1n) is 7.85. The van der Waals surface area contributed by atoms with Gasteiger partial charge in [-0.05, 0) is 43.5 Å². The van der Waals surface area contributed by atoms with Crippen molar-refractivity contribution in [1.29, 1.82) is 0 Å². The number of likely N-dealkylation sites (tertiary alicyclic amines) is 1. The number of hydrogen-bond donors (Lipinski definition) is 1. The second-order valence-electron chi connectivity index (χ2n) is 5.96. The molecule has 2 amide bonds. The van der Waals surface area contributed by atoms with Gasteiger partial charge in [-0.2, -0.15) is 0 Å². The molecule has 2 rings (SSSR count). The van der Waals surface area contributed by atoms with Crippen molar-refractivity contribution < 1.29 is 9.59 Å². The van der Waals surface area contributed by atoms with E-state index in [1.807, 2.05) is 29.2 Å². The number of carbonyl (C=O) groups excluding carboxylic acids is 2. The van der Waals surface area contributed by atoms with Crippen LogP contribution in [0.1, 0.15) is 25.3 Å². The Morgan fingerprint density at radius 2 is 1.95 bits per heavy atom. The fraction of sp³-hybridized carbons (Fsp3) is 0.529. The number of amides is 2. The van der Waals surface area contributed by atoms with Crippen LogP contribution in [0.4, 0.5) is 5.69 Å². The smallest absolute Gasteiger partial charge is 0.239 e. The molecule has 0 aromatic heterocycles. The van der Waals surface area contributed by atoms with E-state index >= 15 is 0 Å². The van der Waals surface area contributed by atoms with Crippen LogP contribution in [0.25, 0.3) is 0 Å². The molecule has 0 spiro atoms. The molecule has 120 valence electrons. The van der Waals surface area contributed by atoms with Crippen molar-refractivity contribution in [2.75, 3.05) is 32.5 Å². The molecule has 1 atom stereocenters. The first-order chi connectivity index (χ1) is 10.5. The lowest BCUT2D eigenvalue weighted by atomic mass is 10.1. The number of likely N-dealkylation sites (N-methyl/N-ethyl adjacent to an activating group) is 1. The van der Waals surface area contributed by atoms with Gasteiger partial charge < -0.3 is 10.2 Å². The van der Waals surface area contributed by atoms with Gasteiger partial charge >= 0.3 is 0 Å². The highest BCUT2D eigenvalue weighted by Gasteiger charge is 2.32. The number of benzene rings is 1. The van der Waals surface area contributed by atoms with E-state index in [4.69, 9.17) is 0 Å². The third kappa shape index (κ3) is 4.07. The van der Waals surface area contributed by atoms with Crippen LogP contribution in [0, 0.1) is 0 Å². The lowest BCUT2D eigenvalue weighted by molar-refractivity contribution is -0.133. The molecule has 1 saturated heterocycles. The largest absolute Gasteiger partial charge is 0.347 e. The van der Waals surface area contributed by atoms with Crippen molar-refractivity contribution in [2.24, 2.45) is 0 Å². The summed E-state index contributed by atoms with van der Waals surface area (Å²) in [5.41, 5.74) is 2.05. The van der Waals surface area contributed by atoms with Gasteiger partial charge in [0.15, 0.2) is 0 Å². The van der Waals surface area contributed by atoms with Crippen molar-refractivity contribution in [3.05, 3.63) is 29.8 Å². The normalized spacial score (nSPS) is 18.2. The van der Waals surface area contributed by atoms with E-state index in [2.05, 4.69) is 12.2 Å². The van der Waals surface area contributed by atoms with Crippen LogP contribution < -0.4 is 5.32 Å². The van der Waals surface area contributed by atoms with Gasteiger partial charge in [0.2, 0.25) is 11.8 Å². The Labute approximate surface area is 132 Å². The van der Waals surface area contributed by atoms with Crippen molar-refractivity contribution in [2.45, 2.75) is 32.2 Å². The summed E-state index contributed by atoms with van der Waals surface area (Å²) < 4.78 is 0. The van der Waals surface area contributed by atoms with Crippen molar-refractivity contribution >= 4 is 17.5 Å². The minimum absolute atomic E-state index is 0.0669. The van der Waals surface area contributed by atoms with Crippen molar-refractivity contribution in [3.63, 3.8) is 0 Å². The summed E-state index contributed by atoms with van der Waals surface area (Å²) in [6.45, 7) is 3.16. The minimum Gasteiger partial charge on any atom is -0.347 e. The molecule has 0 radical (unpaired) electrons. The maximum Gasteiger partial charge on any atom is 0.239 e. The standard InChI is InChI=1S/C17H25N3O2/c1-4-13-7-9-14(10-8-13)18-16(21)12-20-11-5-6-15(20)17(22)19(2)3/h7-10,15H,4-6,11-12H2,1-3H3,(H,18,21). The van der Waals surface area contributed by atoms with Crippen LogP contribution in [0.3, 0.4) is 0 Å². The molecule has 0 bridgehead atoms. The van der Waals surface area contributed by atoms with Gasteiger partial charge in [0.1, 0.15) is 0 Å². The maximum atomic E-state index is 12.2. The van der Waals surface area contributed by atoms with Gasteiger partial charge in [-0.1, -0.05) is 19.1 Å². The van der Waals surface area contributed by atoms with Crippen LogP contribution in [-0.2, 0) is 16.0 Å². The van der Waals surface area contributed by atoms with E-state index in [0.717, 1.165) is 31.5 Å². The number of anilines is 1. The van der Waals surface area contributed by atoms with E-state index in [1.54, 1.807) is 19.0 Å². The molecule has 1 N–H and O–H groups in total. The van der Waals surface area contributed by atoms with Gasteiger partial charge in [0.25, 0.3) is 0 Å². The molecular weight excluding hydrogens is 278 g/mol. The lowest BCUT2D eigenvalue weighted by Gasteiger charge is -2.25. The van der Waals surface area contributed by atoms with Crippen LogP contribution in [0.2, 0.25) is 0 Å². The molecule has 0 saturated carbocycles. The van der Waals surface area contributed by atoms with E-state index in [-0.39, 0.29) is 24.4 Å². The van der Waals surface area contributed by atoms with Crippen molar-refractivity contribution in [1.82, 2.24) is 9.80 Å².